The van der Waals surface area contributed by atoms with Crippen LogP contribution in [-0.4, -0.2) is 30.5 Å². The van der Waals surface area contributed by atoms with Crippen molar-refractivity contribution in [3.8, 4) is 5.75 Å². The summed E-state index contributed by atoms with van der Waals surface area (Å²) in [4.78, 5) is 15.4. The molecule has 1 aliphatic heterocycles. The van der Waals surface area contributed by atoms with E-state index in [4.69, 9.17) is 4.74 Å². The molecule has 2 heterocycles. The summed E-state index contributed by atoms with van der Waals surface area (Å²) in [5.41, 5.74) is 1.10. The van der Waals surface area contributed by atoms with Crippen molar-refractivity contribution < 1.29 is 9.53 Å². The molecule has 1 aromatic carbocycles. The van der Waals surface area contributed by atoms with Crippen LogP contribution in [0.2, 0.25) is 0 Å². The van der Waals surface area contributed by atoms with Gasteiger partial charge in [0.1, 0.15) is 5.75 Å². The molecule has 0 saturated carbocycles. The number of hydrogen-bond donors (Lipinski definition) is 0. The van der Waals surface area contributed by atoms with Gasteiger partial charge in [0, 0.05) is 13.1 Å². The molecular weight excluding hydrogens is 306 g/mol. The van der Waals surface area contributed by atoms with E-state index < -0.39 is 0 Å². The molecular formula is C19H23NO2S. The smallest absolute Gasteiger partial charge is 0.264 e. The third-order valence-corrected chi connectivity index (χ3v) is 5.50. The van der Waals surface area contributed by atoms with Crippen LogP contribution in [0, 0.1) is 12.8 Å². The van der Waals surface area contributed by atoms with Crippen LogP contribution in [0.4, 0.5) is 0 Å². The molecule has 23 heavy (non-hydrogen) atoms. The van der Waals surface area contributed by atoms with Crippen LogP contribution in [0.5, 0.6) is 5.75 Å². The monoisotopic (exact) mass is 329 g/mol. The Morgan fingerprint density at radius 1 is 1.22 bits per heavy atom. The number of ether oxygens (including phenoxy) is 1. The first-order valence-electron chi connectivity index (χ1n) is 8.25. The molecule has 0 N–H and O–H groups in total. The molecule has 3 rings (SSSR count). The molecule has 0 aliphatic carbocycles. The highest BCUT2D eigenvalue weighted by atomic mass is 32.1. The van der Waals surface area contributed by atoms with Crippen molar-refractivity contribution in [2.24, 2.45) is 5.92 Å². The van der Waals surface area contributed by atoms with Crippen LogP contribution in [-0.2, 0) is 0 Å². The third-order valence-electron chi connectivity index (χ3n) is 4.50. The molecule has 1 saturated heterocycles. The molecule has 0 bridgehead atoms. The lowest BCUT2D eigenvalue weighted by Gasteiger charge is -2.32. The second-order valence-corrected chi connectivity index (χ2v) is 7.03. The largest absolute Gasteiger partial charge is 0.494 e. The predicted octanol–water partition coefficient (Wildman–Crippen LogP) is 4.38. The van der Waals surface area contributed by atoms with E-state index in [0.717, 1.165) is 55.1 Å². The summed E-state index contributed by atoms with van der Waals surface area (Å²) in [6.45, 7) is 4.50. The predicted molar refractivity (Wildman–Crippen MR) is 94.2 cm³/mol. The van der Waals surface area contributed by atoms with Gasteiger partial charge in [-0.3, -0.25) is 4.79 Å². The maximum Gasteiger partial charge on any atom is 0.264 e. The number of benzene rings is 1. The fourth-order valence-electron chi connectivity index (χ4n) is 3.02. The van der Waals surface area contributed by atoms with Crippen molar-refractivity contribution in [3.05, 3.63) is 52.2 Å². The van der Waals surface area contributed by atoms with Crippen LogP contribution in [0.3, 0.4) is 0 Å². The molecule has 0 radical (unpaired) electrons. The first-order valence-corrected chi connectivity index (χ1v) is 9.13. The number of thiophene rings is 1. The summed E-state index contributed by atoms with van der Waals surface area (Å²) in [6, 6.07) is 12.0. The van der Waals surface area contributed by atoms with Gasteiger partial charge in [-0.15, -0.1) is 11.3 Å². The third kappa shape index (κ3) is 4.14. The first kappa shape index (κ1) is 16.1. The van der Waals surface area contributed by atoms with E-state index in [0.29, 0.717) is 5.92 Å². The van der Waals surface area contributed by atoms with Gasteiger partial charge in [0.2, 0.25) is 0 Å². The van der Waals surface area contributed by atoms with E-state index in [-0.39, 0.29) is 5.91 Å². The number of para-hydroxylation sites is 1. The average molecular weight is 329 g/mol. The molecule has 1 aromatic heterocycles. The second-order valence-electron chi connectivity index (χ2n) is 6.12. The lowest BCUT2D eigenvalue weighted by Crippen LogP contribution is -2.38. The zero-order chi connectivity index (χ0) is 16.1. The zero-order valence-electron chi connectivity index (χ0n) is 13.5. The van der Waals surface area contributed by atoms with Crippen molar-refractivity contribution in [3.63, 3.8) is 0 Å². The molecule has 1 amide bonds. The Kier molecular flexibility index (Phi) is 5.34. The van der Waals surface area contributed by atoms with Crippen molar-refractivity contribution in [2.75, 3.05) is 19.7 Å². The summed E-state index contributed by atoms with van der Waals surface area (Å²) in [7, 11) is 0. The van der Waals surface area contributed by atoms with Crippen LogP contribution in [0.25, 0.3) is 0 Å². The van der Waals surface area contributed by atoms with Crippen LogP contribution >= 0.6 is 11.3 Å². The van der Waals surface area contributed by atoms with E-state index >= 15 is 0 Å². The Bertz CT molecular complexity index is 630. The SMILES string of the molecule is Cc1ccsc1C(=O)N1CCC(CCOc2ccccc2)CC1. The minimum absolute atomic E-state index is 0.205. The van der Waals surface area contributed by atoms with E-state index in [1.807, 2.05) is 53.6 Å². The van der Waals surface area contributed by atoms with Gasteiger partial charge >= 0.3 is 0 Å². The number of aryl methyl sites for hydroxylation is 1. The Balaban J connectivity index is 1.42. The summed E-state index contributed by atoms with van der Waals surface area (Å²) < 4.78 is 5.78. The molecule has 3 nitrogen and oxygen atoms in total. The minimum atomic E-state index is 0.205. The molecule has 4 heteroatoms. The number of piperidine rings is 1. The summed E-state index contributed by atoms with van der Waals surface area (Å²) >= 11 is 1.55. The van der Waals surface area contributed by atoms with E-state index in [9.17, 15) is 4.79 Å². The number of amides is 1. The van der Waals surface area contributed by atoms with Crippen molar-refractivity contribution in [1.29, 1.82) is 0 Å². The van der Waals surface area contributed by atoms with Crippen molar-refractivity contribution in [2.45, 2.75) is 26.2 Å². The second kappa shape index (κ2) is 7.64. The fourth-order valence-corrected chi connectivity index (χ4v) is 3.91. The molecule has 0 unspecified atom stereocenters. The van der Waals surface area contributed by atoms with Gasteiger partial charge < -0.3 is 9.64 Å². The lowest BCUT2D eigenvalue weighted by atomic mass is 9.94. The average Bonchev–Trinajstić information content (AvgIpc) is 3.02. The van der Waals surface area contributed by atoms with Gasteiger partial charge in [0.25, 0.3) is 5.91 Å². The van der Waals surface area contributed by atoms with Gasteiger partial charge in [-0.1, -0.05) is 18.2 Å². The Morgan fingerprint density at radius 3 is 2.61 bits per heavy atom. The molecule has 1 fully saturated rings. The minimum Gasteiger partial charge on any atom is -0.494 e. The topological polar surface area (TPSA) is 29.5 Å². The number of carbonyl (C=O) groups excluding carboxylic acids is 1. The highest BCUT2D eigenvalue weighted by molar-refractivity contribution is 7.12. The number of likely N-dealkylation sites (tertiary alicyclic amines) is 1. The van der Waals surface area contributed by atoms with E-state index in [1.165, 1.54) is 0 Å². The maximum atomic E-state index is 12.5. The lowest BCUT2D eigenvalue weighted by molar-refractivity contribution is 0.0684. The highest BCUT2D eigenvalue weighted by Crippen LogP contribution is 2.24. The summed E-state index contributed by atoms with van der Waals surface area (Å²) in [6.07, 6.45) is 3.22. The number of carbonyl (C=O) groups is 1. The number of nitrogens with zero attached hydrogens (tertiary/aromatic N) is 1. The normalized spacial score (nSPS) is 15.6. The number of hydrogen-bond acceptors (Lipinski definition) is 3. The molecule has 2 aromatic rings. The zero-order valence-corrected chi connectivity index (χ0v) is 14.3. The van der Waals surface area contributed by atoms with E-state index in [2.05, 4.69) is 0 Å². The van der Waals surface area contributed by atoms with Gasteiger partial charge in [-0.2, -0.15) is 0 Å². The van der Waals surface area contributed by atoms with Crippen LogP contribution in [0.15, 0.2) is 41.8 Å². The summed E-state index contributed by atoms with van der Waals surface area (Å²) in [5.74, 6) is 1.80. The van der Waals surface area contributed by atoms with Crippen molar-refractivity contribution >= 4 is 17.2 Å². The maximum absolute atomic E-state index is 12.5. The Hall–Kier alpha value is -1.81. The Labute approximate surface area is 141 Å². The molecule has 0 spiro atoms. The van der Waals surface area contributed by atoms with Crippen molar-refractivity contribution in [1.82, 2.24) is 4.90 Å². The van der Waals surface area contributed by atoms with Gasteiger partial charge in [-0.05, 0) is 61.2 Å². The van der Waals surface area contributed by atoms with Crippen LogP contribution in [0.1, 0.15) is 34.5 Å². The molecule has 1 aliphatic rings. The quantitative estimate of drug-likeness (QED) is 0.815. The molecule has 122 valence electrons. The van der Waals surface area contributed by atoms with Gasteiger partial charge in [0.15, 0.2) is 0 Å². The van der Waals surface area contributed by atoms with Gasteiger partial charge in [-0.25, -0.2) is 0 Å². The van der Waals surface area contributed by atoms with Gasteiger partial charge in [0.05, 0.1) is 11.5 Å². The Morgan fingerprint density at radius 2 is 1.96 bits per heavy atom. The first-order chi connectivity index (χ1) is 11.2. The summed E-state index contributed by atoms with van der Waals surface area (Å²) in [5, 5.41) is 2.00. The van der Waals surface area contributed by atoms with Crippen LogP contribution < -0.4 is 4.74 Å². The molecule has 0 atom stereocenters. The number of rotatable bonds is 5. The highest BCUT2D eigenvalue weighted by Gasteiger charge is 2.24. The fraction of sp³-hybridized carbons (Fsp3) is 0.421. The van der Waals surface area contributed by atoms with E-state index in [1.54, 1.807) is 11.3 Å². The standard InChI is InChI=1S/C19H23NO2S/c1-15-10-14-23-18(15)19(21)20-11-7-16(8-12-20)9-13-22-17-5-3-2-4-6-17/h2-6,10,14,16H,7-9,11-13H2,1H3.